The minimum atomic E-state index is -0.314. The molecule has 1 fully saturated rings. The number of anilines is 1. The molecule has 0 aliphatic heterocycles. The number of benzene rings is 1. The summed E-state index contributed by atoms with van der Waals surface area (Å²) in [4.78, 5) is 0. The number of halogens is 1. The van der Waals surface area contributed by atoms with E-state index in [4.69, 9.17) is 4.74 Å². The van der Waals surface area contributed by atoms with E-state index in [1.807, 2.05) is 6.07 Å². The molecule has 0 radical (unpaired) electrons. The minimum Gasteiger partial charge on any atom is -0.494 e. The molecule has 0 heterocycles. The lowest BCUT2D eigenvalue weighted by Crippen LogP contribution is -2.17. The van der Waals surface area contributed by atoms with Crippen LogP contribution in [0.5, 0.6) is 5.75 Å². The lowest BCUT2D eigenvalue weighted by atomic mass is 10.2. The Hall–Kier alpha value is -1.25. The van der Waals surface area contributed by atoms with Gasteiger partial charge in [0.05, 0.1) is 7.11 Å². The van der Waals surface area contributed by atoms with Crippen molar-refractivity contribution in [1.82, 2.24) is 0 Å². The highest BCUT2D eigenvalue weighted by atomic mass is 19.1. The third kappa shape index (κ3) is 2.41. The van der Waals surface area contributed by atoms with Crippen molar-refractivity contribution < 1.29 is 9.13 Å². The second-order valence-corrected chi connectivity index (χ2v) is 4.12. The van der Waals surface area contributed by atoms with Gasteiger partial charge >= 0.3 is 0 Å². The second kappa shape index (κ2) is 4.09. The monoisotopic (exact) mass is 209 g/mol. The molecule has 1 saturated carbocycles. The Morgan fingerprint density at radius 1 is 1.47 bits per heavy atom. The van der Waals surface area contributed by atoms with Crippen molar-refractivity contribution in [1.29, 1.82) is 0 Å². The lowest BCUT2D eigenvalue weighted by Gasteiger charge is -2.14. The summed E-state index contributed by atoms with van der Waals surface area (Å²) in [6.45, 7) is 2.14. The first-order valence-electron chi connectivity index (χ1n) is 5.31. The average molecular weight is 209 g/mol. The van der Waals surface area contributed by atoms with Crippen LogP contribution < -0.4 is 10.1 Å². The number of rotatable bonds is 4. The lowest BCUT2D eigenvalue weighted by molar-refractivity contribution is 0.386. The highest BCUT2D eigenvalue weighted by Gasteiger charge is 2.27. The van der Waals surface area contributed by atoms with E-state index in [1.165, 1.54) is 26.0 Å². The second-order valence-electron chi connectivity index (χ2n) is 4.12. The first-order chi connectivity index (χ1) is 7.20. The maximum atomic E-state index is 13.4. The van der Waals surface area contributed by atoms with Gasteiger partial charge in [0.15, 0.2) is 11.6 Å². The molecular weight excluding hydrogens is 193 g/mol. The van der Waals surface area contributed by atoms with Crippen LogP contribution in [0.1, 0.15) is 19.8 Å². The minimum absolute atomic E-state index is 0.291. The fourth-order valence-corrected chi connectivity index (χ4v) is 1.73. The standard InChI is InChI=1S/C12H16FNO/c1-8(9-3-4-9)14-10-5-6-12(15-2)11(13)7-10/h5-9,14H,3-4H2,1-2H3/t8-/m1/s1. The van der Waals surface area contributed by atoms with Crippen molar-refractivity contribution >= 4 is 5.69 Å². The fourth-order valence-electron chi connectivity index (χ4n) is 1.73. The van der Waals surface area contributed by atoms with E-state index in [9.17, 15) is 4.39 Å². The van der Waals surface area contributed by atoms with Crippen molar-refractivity contribution in [2.24, 2.45) is 5.92 Å². The first kappa shape index (κ1) is 10.3. The van der Waals surface area contributed by atoms with Crippen molar-refractivity contribution in [3.63, 3.8) is 0 Å². The Morgan fingerprint density at radius 2 is 2.20 bits per heavy atom. The zero-order valence-electron chi connectivity index (χ0n) is 9.09. The van der Waals surface area contributed by atoms with E-state index in [-0.39, 0.29) is 5.82 Å². The van der Waals surface area contributed by atoms with Crippen LogP contribution in [0, 0.1) is 11.7 Å². The summed E-state index contributed by atoms with van der Waals surface area (Å²) in [5, 5.41) is 3.30. The Bertz CT molecular complexity index is 349. The van der Waals surface area contributed by atoms with Crippen LogP contribution in [0.25, 0.3) is 0 Å². The van der Waals surface area contributed by atoms with Crippen LogP contribution in [0.3, 0.4) is 0 Å². The smallest absolute Gasteiger partial charge is 0.167 e. The summed E-state index contributed by atoms with van der Waals surface area (Å²) in [7, 11) is 1.47. The van der Waals surface area contributed by atoms with Crippen LogP contribution in [0.15, 0.2) is 18.2 Å². The van der Waals surface area contributed by atoms with Crippen molar-refractivity contribution in [3.05, 3.63) is 24.0 Å². The summed E-state index contributed by atoms with van der Waals surface area (Å²) in [6.07, 6.45) is 2.57. The maximum absolute atomic E-state index is 13.4. The third-order valence-electron chi connectivity index (χ3n) is 2.88. The molecule has 1 aromatic rings. The largest absolute Gasteiger partial charge is 0.494 e. The Labute approximate surface area is 89.4 Å². The molecule has 0 unspecified atom stereocenters. The predicted octanol–water partition coefficient (Wildman–Crippen LogP) is 3.04. The zero-order chi connectivity index (χ0) is 10.8. The Morgan fingerprint density at radius 3 is 2.73 bits per heavy atom. The van der Waals surface area contributed by atoms with Crippen LogP contribution in [0.4, 0.5) is 10.1 Å². The van der Waals surface area contributed by atoms with Gasteiger partial charge in [-0.2, -0.15) is 0 Å². The van der Waals surface area contributed by atoms with Crippen LogP contribution in [0.2, 0.25) is 0 Å². The van der Waals surface area contributed by atoms with E-state index >= 15 is 0 Å². The zero-order valence-corrected chi connectivity index (χ0v) is 9.09. The molecule has 0 amide bonds. The Kier molecular flexibility index (Phi) is 2.80. The topological polar surface area (TPSA) is 21.3 Å². The highest BCUT2D eigenvalue weighted by molar-refractivity contribution is 5.48. The predicted molar refractivity (Wildman–Crippen MR) is 58.8 cm³/mol. The molecule has 1 N–H and O–H groups in total. The number of ether oxygens (including phenoxy) is 1. The molecule has 1 aromatic carbocycles. The number of hydrogen-bond donors (Lipinski definition) is 1. The van der Waals surface area contributed by atoms with Gasteiger partial charge < -0.3 is 10.1 Å². The summed E-state index contributed by atoms with van der Waals surface area (Å²) in [5.41, 5.74) is 0.827. The Balaban J connectivity index is 2.05. The molecule has 0 saturated heterocycles. The average Bonchev–Trinajstić information content (AvgIpc) is 3.01. The van der Waals surface area contributed by atoms with Gasteiger partial charge in [0.25, 0.3) is 0 Å². The summed E-state index contributed by atoms with van der Waals surface area (Å²) in [6, 6.07) is 5.41. The van der Waals surface area contributed by atoms with Gasteiger partial charge in [-0.25, -0.2) is 4.39 Å². The van der Waals surface area contributed by atoms with Crippen molar-refractivity contribution in [3.8, 4) is 5.75 Å². The van der Waals surface area contributed by atoms with E-state index < -0.39 is 0 Å². The summed E-state index contributed by atoms with van der Waals surface area (Å²) < 4.78 is 18.2. The summed E-state index contributed by atoms with van der Waals surface area (Å²) >= 11 is 0. The van der Waals surface area contributed by atoms with Gasteiger partial charge in [0.2, 0.25) is 0 Å². The SMILES string of the molecule is COc1ccc(N[C@H](C)C2CC2)cc1F. The molecule has 2 nitrogen and oxygen atoms in total. The van der Waals surface area contributed by atoms with Gasteiger partial charge in [0, 0.05) is 17.8 Å². The van der Waals surface area contributed by atoms with Gasteiger partial charge in [-0.1, -0.05) is 0 Å². The molecule has 15 heavy (non-hydrogen) atoms. The van der Waals surface area contributed by atoms with Crippen molar-refractivity contribution in [2.45, 2.75) is 25.8 Å². The highest BCUT2D eigenvalue weighted by Crippen LogP contribution is 2.34. The summed E-state index contributed by atoms with van der Waals surface area (Å²) in [5.74, 6) is 0.736. The fraction of sp³-hybridized carbons (Fsp3) is 0.500. The van der Waals surface area contributed by atoms with Gasteiger partial charge in [-0.15, -0.1) is 0 Å². The molecule has 1 aliphatic carbocycles. The number of methoxy groups -OCH3 is 1. The quantitative estimate of drug-likeness (QED) is 0.823. The third-order valence-corrected chi connectivity index (χ3v) is 2.88. The molecule has 3 heteroatoms. The number of hydrogen-bond acceptors (Lipinski definition) is 2. The normalized spacial score (nSPS) is 17.3. The molecular formula is C12H16FNO. The maximum Gasteiger partial charge on any atom is 0.167 e. The molecule has 82 valence electrons. The first-order valence-corrected chi connectivity index (χ1v) is 5.31. The van der Waals surface area contributed by atoms with Crippen LogP contribution in [-0.2, 0) is 0 Å². The van der Waals surface area contributed by atoms with Gasteiger partial charge in [-0.05, 0) is 37.8 Å². The van der Waals surface area contributed by atoms with Crippen LogP contribution >= 0.6 is 0 Å². The van der Waals surface area contributed by atoms with E-state index in [1.54, 1.807) is 6.07 Å². The van der Waals surface area contributed by atoms with E-state index in [2.05, 4.69) is 12.2 Å². The molecule has 0 bridgehead atoms. The molecule has 0 spiro atoms. The molecule has 2 rings (SSSR count). The number of nitrogens with one attached hydrogen (secondary N) is 1. The van der Waals surface area contributed by atoms with E-state index in [0.717, 1.165) is 11.6 Å². The van der Waals surface area contributed by atoms with E-state index in [0.29, 0.717) is 11.8 Å². The molecule has 1 aliphatic rings. The molecule has 0 aromatic heterocycles. The molecule has 1 atom stereocenters. The van der Waals surface area contributed by atoms with Crippen LogP contribution in [-0.4, -0.2) is 13.2 Å². The van der Waals surface area contributed by atoms with Gasteiger partial charge in [0.1, 0.15) is 0 Å². The van der Waals surface area contributed by atoms with Gasteiger partial charge in [-0.3, -0.25) is 0 Å². The van der Waals surface area contributed by atoms with Crippen molar-refractivity contribution in [2.75, 3.05) is 12.4 Å².